The molecule has 1 fully saturated rings. The zero-order valence-electron chi connectivity index (χ0n) is 18.1. The van der Waals surface area contributed by atoms with Crippen LogP contribution in [0, 0.1) is 12.8 Å². The molecule has 0 unspecified atom stereocenters. The minimum atomic E-state index is 0.0739. The van der Waals surface area contributed by atoms with Gasteiger partial charge in [0.1, 0.15) is 5.82 Å². The van der Waals surface area contributed by atoms with Crippen LogP contribution < -0.4 is 0 Å². The second kappa shape index (κ2) is 8.81. The minimum absolute atomic E-state index is 0.0739. The first-order valence-corrected chi connectivity index (χ1v) is 11.3. The fourth-order valence-corrected chi connectivity index (χ4v) is 4.78. The van der Waals surface area contributed by atoms with Gasteiger partial charge in [-0.1, -0.05) is 56.5 Å². The second-order valence-electron chi connectivity index (χ2n) is 8.86. The molecule has 1 aliphatic rings. The number of imidazole rings is 1. The number of rotatable bonds is 6. The molecule has 1 aliphatic carbocycles. The highest BCUT2D eigenvalue weighted by molar-refractivity contribution is 6.31. The van der Waals surface area contributed by atoms with Crippen molar-refractivity contribution in [3.63, 3.8) is 0 Å². The highest BCUT2D eigenvalue weighted by atomic mass is 35.5. The molecule has 2 aromatic carbocycles. The Morgan fingerprint density at radius 1 is 1.20 bits per heavy atom. The summed E-state index contributed by atoms with van der Waals surface area (Å²) in [5, 5.41) is 0.725. The zero-order valence-corrected chi connectivity index (χ0v) is 18.8. The zero-order chi connectivity index (χ0) is 21.3. The number of halogens is 1. The summed E-state index contributed by atoms with van der Waals surface area (Å²) in [6, 6.07) is 14.2. The largest absolute Gasteiger partial charge is 0.331 e. The van der Waals surface area contributed by atoms with Crippen LogP contribution in [0.25, 0.3) is 11.0 Å². The average molecular weight is 424 g/mol. The van der Waals surface area contributed by atoms with Gasteiger partial charge in [-0.05, 0) is 55.5 Å². The van der Waals surface area contributed by atoms with Crippen molar-refractivity contribution in [2.24, 2.45) is 5.92 Å². The van der Waals surface area contributed by atoms with Crippen LogP contribution in [0.4, 0.5) is 0 Å². The maximum Gasteiger partial charge on any atom is 0.254 e. The number of benzene rings is 2. The Hall–Kier alpha value is -2.33. The number of aromatic nitrogens is 2. The predicted octanol–water partition coefficient (Wildman–Crippen LogP) is 6.41. The Morgan fingerprint density at radius 3 is 2.63 bits per heavy atom. The quantitative estimate of drug-likeness (QED) is 0.459. The molecule has 0 atom stereocenters. The lowest BCUT2D eigenvalue weighted by molar-refractivity contribution is 0.0714. The van der Waals surface area contributed by atoms with E-state index in [1.165, 1.54) is 12.8 Å². The summed E-state index contributed by atoms with van der Waals surface area (Å²) in [5.41, 5.74) is 3.81. The lowest BCUT2D eigenvalue weighted by Gasteiger charge is -2.26. The number of carbonyl (C=O) groups is 1. The molecule has 4 nitrogen and oxygen atoms in total. The van der Waals surface area contributed by atoms with Gasteiger partial charge in [0.2, 0.25) is 0 Å². The fourth-order valence-electron chi connectivity index (χ4n) is 4.61. The van der Waals surface area contributed by atoms with Crippen molar-refractivity contribution < 1.29 is 4.79 Å². The first kappa shape index (κ1) is 20.9. The third-order valence-electron chi connectivity index (χ3n) is 5.99. The summed E-state index contributed by atoms with van der Waals surface area (Å²) < 4.78 is 2.35. The van der Waals surface area contributed by atoms with E-state index in [4.69, 9.17) is 16.6 Å². The second-order valence-corrected chi connectivity index (χ2v) is 9.30. The summed E-state index contributed by atoms with van der Waals surface area (Å²) in [6.07, 6.45) is 4.78. The van der Waals surface area contributed by atoms with Gasteiger partial charge in [-0.3, -0.25) is 4.79 Å². The molecule has 0 spiro atoms. The monoisotopic (exact) mass is 423 g/mol. The topological polar surface area (TPSA) is 38.1 Å². The Bertz CT molecular complexity index is 1050. The molecule has 0 radical (unpaired) electrons. The molecule has 5 heteroatoms. The molecule has 1 heterocycles. The van der Waals surface area contributed by atoms with E-state index in [1.807, 2.05) is 54.3 Å². The maximum absolute atomic E-state index is 13.5. The number of hydrogen-bond acceptors (Lipinski definition) is 2. The van der Waals surface area contributed by atoms with Crippen LogP contribution >= 0.6 is 11.6 Å². The van der Waals surface area contributed by atoms with Gasteiger partial charge >= 0.3 is 0 Å². The molecule has 1 amide bonds. The summed E-state index contributed by atoms with van der Waals surface area (Å²) in [5.74, 6) is 1.41. The third-order valence-corrected chi connectivity index (χ3v) is 6.23. The smallest absolute Gasteiger partial charge is 0.254 e. The van der Waals surface area contributed by atoms with E-state index < -0.39 is 0 Å². The van der Waals surface area contributed by atoms with E-state index in [0.29, 0.717) is 25.0 Å². The summed E-state index contributed by atoms with van der Waals surface area (Å²) in [4.78, 5) is 20.4. The van der Waals surface area contributed by atoms with Gasteiger partial charge in [0, 0.05) is 23.2 Å². The Labute approximate surface area is 183 Å². The van der Waals surface area contributed by atoms with Gasteiger partial charge < -0.3 is 9.47 Å². The van der Waals surface area contributed by atoms with Gasteiger partial charge in [0.15, 0.2) is 0 Å². The molecular weight excluding hydrogens is 394 g/mol. The van der Waals surface area contributed by atoms with Crippen LogP contribution in [0.2, 0.25) is 5.02 Å². The number of carbonyl (C=O) groups excluding carboxylic acids is 1. The SMILES string of the molecule is Cc1ccccc1C(=O)N(Cc1nc2ccc(Cl)cc2n1C1CCCC1)CC(C)C. The summed E-state index contributed by atoms with van der Waals surface area (Å²) in [6.45, 7) is 7.50. The van der Waals surface area contributed by atoms with E-state index in [-0.39, 0.29) is 5.91 Å². The molecule has 158 valence electrons. The number of aryl methyl sites for hydroxylation is 1. The number of nitrogens with zero attached hydrogens (tertiary/aromatic N) is 3. The van der Waals surface area contributed by atoms with Crippen LogP contribution in [-0.4, -0.2) is 26.9 Å². The van der Waals surface area contributed by atoms with Crippen molar-refractivity contribution in [1.29, 1.82) is 0 Å². The van der Waals surface area contributed by atoms with Crippen molar-refractivity contribution in [1.82, 2.24) is 14.5 Å². The Kier molecular flexibility index (Phi) is 6.14. The molecule has 1 aromatic heterocycles. The molecule has 30 heavy (non-hydrogen) atoms. The standard InChI is InChI=1S/C25H30ClN3O/c1-17(2)15-28(25(30)21-11-7-4-8-18(21)3)16-24-27-22-13-12-19(26)14-23(22)29(24)20-9-5-6-10-20/h4,7-8,11-14,17,20H,5-6,9-10,15-16H2,1-3H3. The summed E-state index contributed by atoms with van der Waals surface area (Å²) >= 11 is 6.32. The predicted molar refractivity (Wildman–Crippen MR) is 123 cm³/mol. The lowest BCUT2D eigenvalue weighted by Crippen LogP contribution is -2.35. The minimum Gasteiger partial charge on any atom is -0.331 e. The average Bonchev–Trinajstić information content (AvgIpc) is 3.34. The van der Waals surface area contributed by atoms with Gasteiger partial charge in [-0.15, -0.1) is 0 Å². The molecule has 1 saturated carbocycles. The van der Waals surface area contributed by atoms with Crippen LogP contribution in [-0.2, 0) is 6.54 Å². The van der Waals surface area contributed by atoms with Crippen LogP contribution in [0.15, 0.2) is 42.5 Å². The van der Waals surface area contributed by atoms with E-state index >= 15 is 0 Å². The van der Waals surface area contributed by atoms with Gasteiger partial charge in [-0.25, -0.2) is 4.98 Å². The van der Waals surface area contributed by atoms with Gasteiger partial charge in [-0.2, -0.15) is 0 Å². The van der Waals surface area contributed by atoms with E-state index in [9.17, 15) is 4.79 Å². The summed E-state index contributed by atoms with van der Waals surface area (Å²) in [7, 11) is 0. The van der Waals surface area contributed by atoms with Gasteiger partial charge in [0.25, 0.3) is 5.91 Å². The molecule has 0 bridgehead atoms. The van der Waals surface area contributed by atoms with E-state index in [1.54, 1.807) is 0 Å². The lowest BCUT2D eigenvalue weighted by atomic mass is 10.1. The number of hydrogen-bond donors (Lipinski definition) is 0. The van der Waals surface area contributed by atoms with E-state index in [2.05, 4.69) is 18.4 Å². The molecule has 0 saturated heterocycles. The Balaban J connectivity index is 1.75. The number of amides is 1. The van der Waals surface area contributed by atoms with Crippen molar-refractivity contribution in [3.8, 4) is 0 Å². The first-order valence-electron chi connectivity index (χ1n) is 11.0. The van der Waals surface area contributed by atoms with Gasteiger partial charge in [0.05, 0.1) is 17.6 Å². The van der Waals surface area contributed by atoms with Crippen LogP contribution in [0.3, 0.4) is 0 Å². The van der Waals surface area contributed by atoms with Crippen LogP contribution in [0.5, 0.6) is 0 Å². The molecule has 3 aromatic rings. The normalized spacial score (nSPS) is 14.7. The highest BCUT2D eigenvalue weighted by Gasteiger charge is 2.26. The Morgan fingerprint density at radius 2 is 1.93 bits per heavy atom. The molecular formula is C25H30ClN3O. The molecule has 4 rings (SSSR count). The third kappa shape index (κ3) is 4.24. The maximum atomic E-state index is 13.5. The fraction of sp³-hybridized carbons (Fsp3) is 0.440. The first-order chi connectivity index (χ1) is 14.4. The molecule has 0 aliphatic heterocycles. The van der Waals surface area contributed by atoms with Crippen LogP contribution in [0.1, 0.15) is 67.3 Å². The van der Waals surface area contributed by atoms with E-state index in [0.717, 1.165) is 45.8 Å². The van der Waals surface area contributed by atoms with Crippen molar-refractivity contribution in [3.05, 3.63) is 64.4 Å². The number of fused-ring (bicyclic) bond motifs is 1. The highest BCUT2D eigenvalue weighted by Crippen LogP contribution is 2.35. The van der Waals surface area contributed by atoms with Crippen molar-refractivity contribution >= 4 is 28.5 Å². The van der Waals surface area contributed by atoms with Crippen molar-refractivity contribution in [2.45, 2.75) is 59.0 Å². The van der Waals surface area contributed by atoms with Crippen molar-refractivity contribution in [2.75, 3.05) is 6.54 Å². The molecule has 0 N–H and O–H groups in total.